The number of hydrogen-bond acceptors (Lipinski definition) is 5. The van der Waals surface area contributed by atoms with Gasteiger partial charge in [-0.2, -0.15) is 0 Å². The molecule has 1 aromatic rings. The van der Waals surface area contributed by atoms with Gasteiger partial charge >= 0.3 is 0 Å². The maximum atomic E-state index is 5.77. The Kier molecular flexibility index (Phi) is 3.78. The molecule has 1 atom stereocenters. The fourth-order valence-corrected chi connectivity index (χ4v) is 2.75. The third-order valence-electron chi connectivity index (χ3n) is 2.84. The van der Waals surface area contributed by atoms with E-state index in [9.17, 15) is 0 Å². The van der Waals surface area contributed by atoms with Gasteiger partial charge in [0.15, 0.2) is 5.13 Å². The first-order valence-corrected chi connectivity index (χ1v) is 6.66. The van der Waals surface area contributed by atoms with E-state index in [1.807, 2.05) is 6.92 Å². The van der Waals surface area contributed by atoms with Crippen molar-refractivity contribution >= 4 is 16.5 Å². The molecule has 4 nitrogen and oxygen atoms in total. The molecule has 2 heterocycles. The van der Waals surface area contributed by atoms with E-state index in [0.717, 1.165) is 43.4 Å². The Hall–Kier alpha value is -0.650. The fourth-order valence-electron chi connectivity index (χ4n) is 1.86. The summed E-state index contributed by atoms with van der Waals surface area (Å²) in [4.78, 5) is 9.37. The molecule has 90 valence electrons. The van der Waals surface area contributed by atoms with Crippen LogP contribution in [0.3, 0.4) is 0 Å². The van der Waals surface area contributed by atoms with E-state index in [-0.39, 0.29) is 6.04 Å². The van der Waals surface area contributed by atoms with Crippen LogP contribution in [0.25, 0.3) is 0 Å². The second-order valence-electron chi connectivity index (χ2n) is 4.59. The van der Waals surface area contributed by atoms with Gasteiger partial charge in [0.2, 0.25) is 0 Å². The minimum Gasteiger partial charge on any atom is -0.346 e. The number of nitrogens with zero attached hydrogens (tertiary/aromatic N) is 3. The molecule has 0 bridgehead atoms. The van der Waals surface area contributed by atoms with Gasteiger partial charge in [-0.05, 0) is 14.0 Å². The Bertz CT molecular complexity index is 328. The average molecular weight is 240 g/mol. The standard InChI is InChI=1S/C11H20N4S/c1-9(12)7-10-8-16-11(13-10)15-5-3-14(2)4-6-15/h8-9H,3-7,12H2,1-2H3. The number of nitrogens with two attached hydrogens (primary N) is 1. The maximum absolute atomic E-state index is 5.77. The largest absolute Gasteiger partial charge is 0.346 e. The molecule has 0 saturated carbocycles. The van der Waals surface area contributed by atoms with Gasteiger partial charge in [-0.1, -0.05) is 0 Å². The van der Waals surface area contributed by atoms with E-state index in [4.69, 9.17) is 5.73 Å². The van der Waals surface area contributed by atoms with Crippen LogP contribution in [0, 0.1) is 0 Å². The van der Waals surface area contributed by atoms with E-state index in [0.29, 0.717) is 0 Å². The van der Waals surface area contributed by atoms with Crippen molar-refractivity contribution in [3.8, 4) is 0 Å². The van der Waals surface area contributed by atoms with E-state index < -0.39 is 0 Å². The molecule has 16 heavy (non-hydrogen) atoms. The lowest BCUT2D eigenvalue weighted by Gasteiger charge is -2.32. The van der Waals surface area contributed by atoms with Gasteiger partial charge in [-0.25, -0.2) is 4.98 Å². The Morgan fingerprint density at radius 2 is 2.12 bits per heavy atom. The summed E-state index contributed by atoms with van der Waals surface area (Å²) in [6.07, 6.45) is 0.879. The highest BCUT2D eigenvalue weighted by molar-refractivity contribution is 7.13. The molecule has 2 N–H and O–H groups in total. The van der Waals surface area contributed by atoms with Gasteiger partial charge in [0.05, 0.1) is 5.69 Å². The molecule has 0 aromatic carbocycles. The summed E-state index contributed by atoms with van der Waals surface area (Å²) >= 11 is 1.74. The van der Waals surface area contributed by atoms with E-state index in [2.05, 4.69) is 27.2 Å². The zero-order valence-corrected chi connectivity index (χ0v) is 10.8. The normalized spacial score (nSPS) is 20.1. The van der Waals surface area contributed by atoms with Crippen molar-refractivity contribution in [3.63, 3.8) is 0 Å². The molecule has 0 amide bonds. The van der Waals surface area contributed by atoms with Gasteiger partial charge in [0.1, 0.15) is 0 Å². The number of piperazine rings is 1. The first-order chi connectivity index (χ1) is 7.65. The fraction of sp³-hybridized carbons (Fsp3) is 0.727. The smallest absolute Gasteiger partial charge is 0.185 e. The molecule has 1 fully saturated rings. The third kappa shape index (κ3) is 2.93. The van der Waals surface area contributed by atoms with Crippen LogP contribution in [0.1, 0.15) is 12.6 Å². The molecule has 1 unspecified atom stereocenters. The number of anilines is 1. The molecule has 0 spiro atoms. The van der Waals surface area contributed by atoms with Gasteiger partial charge in [-0.3, -0.25) is 0 Å². The van der Waals surface area contributed by atoms with Crippen LogP contribution in [0.4, 0.5) is 5.13 Å². The second kappa shape index (κ2) is 5.12. The van der Waals surface area contributed by atoms with Crippen LogP contribution in [0.5, 0.6) is 0 Å². The number of hydrogen-bond donors (Lipinski definition) is 1. The minimum atomic E-state index is 0.197. The molecular formula is C11H20N4S. The monoisotopic (exact) mass is 240 g/mol. The van der Waals surface area contributed by atoms with Crippen molar-refractivity contribution in [2.45, 2.75) is 19.4 Å². The number of aromatic nitrogens is 1. The third-order valence-corrected chi connectivity index (χ3v) is 3.79. The summed E-state index contributed by atoms with van der Waals surface area (Å²) in [5.74, 6) is 0. The molecule has 1 aliphatic heterocycles. The van der Waals surface area contributed by atoms with Crippen molar-refractivity contribution in [3.05, 3.63) is 11.1 Å². The SMILES string of the molecule is CC(N)Cc1csc(N2CCN(C)CC2)n1. The zero-order valence-electron chi connectivity index (χ0n) is 10.0. The Morgan fingerprint density at radius 3 is 2.75 bits per heavy atom. The molecule has 1 aliphatic rings. The van der Waals surface area contributed by atoms with Crippen LogP contribution >= 0.6 is 11.3 Å². The lowest BCUT2D eigenvalue weighted by Crippen LogP contribution is -2.44. The van der Waals surface area contributed by atoms with Crippen molar-refractivity contribution in [2.75, 3.05) is 38.1 Å². The van der Waals surface area contributed by atoms with Gasteiger partial charge < -0.3 is 15.5 Å². The Labute approximate surface area is 101 Å². The lowest BCUT2D eigenvalue weighted by atomic mass is 10.2. The highest BCUT2D eigenvalue weighted by Gasteiger charge is 2.17. The molecular weight excluding hydrogens is 220 g/mol. The van der Waals surface area contributed by atoms with E-state index in [1.54, 1.807) is 11.3 Å². The topological polar surface area (TPSA) is 45.4 Å². The van der Waals surface area contributed by atoms with Gasteiger partial charge in [0, 0.05) is 44.0 Å². The van der Waals surface area contributed by atoms with Crippen LogP contribution in [-0.4, -0.2) is 49.2 Å². The minimum absolute atomic E-state index is 0.197. The number of rotatable bonds is 3. The molecule has 0 radical (unpaired) electrons. The first kappa shape index (κ1) is 11.8. The Balaban J connectivity index is 1.96. The second-order valence-corrected chi connectivity index (χ2v) is 5.43. The van der Waals surface area contributed by atoms with E-state index in [1.165, 1.54) is 0 Å². The summed E-state index contributed by atoms with van der Waals surface area (Å²) in [5, 5.41) is 3.29. The lowest BCUT2D eigenvalue weighted by molar-refractivity contribution is 0.312. The highest BCUT2D eigenvalue weighted by Crippen LogP contribution is 2.22. The Morgan fingerprint density at radius 1 is 1.44 bits per heavy atom. The van der Waals surface area contributed by atoms with Gasteiger partial charge in [0.25, 0.3) is 0 Å². The first-order valence-electron chi connectivity index (χ1n) is 5.78. The van der Waals surface area contributed by atoms with Gasteiger partial charge in [-0.15, -0.1) is 11.3 Å². The quantitative estimate of drug-likeness (QED) is 0.848. The predicted octanol–water partition coefficient (Wildman–Crippen LogP) is 0.785. The van der Waals surface area contributed by atoms with Crippen LogP contribution < -0.4 is 10.6 Å². The molecule has 1 saturated heterocycles. The van der Waals surface area contributed by atoms with Crippen LogP contribution in [0.2, 0.25) is 0 Å². The van der Waals surface area contributed by atoms with Crippen molar-refractivity contribution in [1.82, 2.24) is 9.88 Å². The van der Waals surface area contributed by atoms with Crippen molar-refractivity contribution in [1.29, 1.82) is 0 Å². The molecule has 2 rings (SSSR count). The number of likely N-dealkylation sites (N-methyl/N-ethyl adjacent to an activating group) is 1. The molecule has 1 aromatic heterocycles. The summed E-state index contributed by atoms with van der Waals surface area (Å²) in [6, 6.07) is 0.197. The predicted molar refractivity (Wildman–Crippen MR) is 69.2 cm³/mol. The van der Waals surface area contributed by atoms with Crippen LogP contribution in [0.15, 0.2) is 5.38 Å². The molecule has 5 heteroatoms. The highest BCUT2D eigenvalue weighted by atomic mass is 32.1. The van der Waals surface area contributed by atoms with Crippen molar-refractivity contribution in [2.24, 2.45) is 5.73 Å². The summed E-state index contributed by atoms with van der Waals surface area (Å²) in [7, 11) is 2.17. The summed E-state index contributed by atoms with van der Waals surface area (Å²) in [6.45, 7) is 6.45. The average Bonchev–Trinajstić information content (AvgIpc) is 2.66. The van der Waals surface area contributed by atoms with Crippen LogP contribution in [-0.2, 0) is 6.42 Å². The molecule has 0 aliphatic carbocycles. The van der Waals surface area contributed by atoms with Crippen molar-refractivity contribution < 1.29 is 0 Å². The summed E-state index contributed by atoms with van der Waals surface area (Å²) < 4.78 is 0. The summed E-state index contributed by atoms with van der Waals surface area (Å²) in [5.41, 5.74) is 6.91. The maximum Gasteiger partial charge on any atom is 0.185 e. The zero-order chi connectivity index (χ0) is 11.5. The number of thiazole rings is 1. The van der Waals surface area contributed by atoms with E-state index >= 15 is 0 Å².